The molecule has 1 aromatic carbocycles. The largest absolute Gasteiger partial charge is 0.361 e. The van der Waals surface area contributed by atoms with E-state index in [9.17, 15) is 0 Å². The maximum absolute atomic E-state index is 5.20. The molecule has 8 heteroatoms. The molecule has 0 radical (unpaired) electrons. The fourth-order valence-corrected chi connectivity index (χ4v) is 3.31. The average Bonchev–Trinajstić information content (AvgIpc) is 3.16. The maximum atomic E-state index is 5.20. The second kappa shape index (κ2) is 10.4. The summed E-state index contributed by atoms with van der Waals surface area (Å²) in [6.45, 7) is 8.54. The Morgan fingerprint density at radius 3 is 2.61 bits per heavy atom. The highest BCUT2D eigenvalue weighted by atomic mass is 127. The van der Waals surface area contributed by atoms with Crippen LogP contribution in [0.2, 0.25) is 0 Å². The fourth-order valence-electron chi connectivity index (χ4n) is 3.31. The van der Waals surface area contributed by atoms with Gasteiger partial charge in [-0.2, -0.15) is 0 Å². The van der Waals surface area contributed by atoms with Crippen LogP contribution in [0.5, 0.6) is 0 Å². The number of para-hydroxylation sites is 2. The molecule has 28 heavy (non-hydrogen) atoms. The van der Waals surface area contributed by atoms with Crippen molar-refractivity contribution in [1.29, 1.82) is 0 Å². The molecule has 0 bridgehead atoms. The first kappa shape index (κ1) is 22.2. The molecule has 2 heterocycles. The summed E-state index contributed by atoms with van der Waals surface area (Å²) in [5.41, 5.74) is 4.37. The van der Waals surface area contributed by atoms with E-state index in [4.69, 9.17) is 4.52 Å². The predicted octanol–water partition coefficient (Wildman–Crippen LogP) is 3.37. The summed E-state index contributed by atoms with van der Waals surface area (Å²) in [6.07, 6.45) is 1.86. The van der Waals surface area contributed by atoms with Crippen molar-refractivity contribution in [3.05, 3.63) is 47.1 Å². The van der Waals surface area contributed by atoms with Gasteiger partial charge in [-0.15, -0.1) is 24.0 Å². The van der Waals surface area contributed by atoms with E-state index in [0.29, 0.717) is 0 Å². The van der Waals surface area contributed by atoms with Crippen LogP contribution in [-0.2, 0) is 13.0 Å². The van der Waals surface area contributed by atoms with Crippen molar-refractivity contribution in [2.24, 2.45) is 4.99 Å². The Morgan fingerprint density at radius 2 is 1.89 bits per heavy atom. The molecule has 0 aliphatic carbocycles. The number of aromatic nitrogens is 3. The highest BCUT2D eigenvalue weighted by molar-refractivity contribution is 14.0. The Balaban J connectivity index is 0.00000280. The number of hydrogen-bond acceptors (Lipinski definition) is 4. The van der Waals surface area contributed by atoms with Gasteiger partial charge >= 0.3 is 0 Å². The summed E-state index contributed by atoms with van der Waals surface area (Å²) in [5, 5.41) is 10.7. The number of nitrogens with zero attached hydrogens (tertiary/aromatic N) is 4. The highest BCUT2D eigenvalue weighted by Gasteiger charge is 2.09. The third kappa shape index (κ3) is 5.24. The van der Waals surface area contributed by atoms with Crippen LogP contribution in [0.25, 0.3) is 11.0 Å². The number of aliphatic imine (C=N–C) groups is 1. The van der Waals surface area contributed by atoms with Crippen molar-refractivity contribution in [1.82, 2.24) is 25.3 Å². The van der Waals surface area contributed by atoms with E-state index in [2.05, 4.69) is 55.5 Å². The van der Waals surface area contributed by atoms with E-state index < -0.39 is 0 Å². The van der Waals surface area contributed by atoms with Crippen LogP contribution < -0.4 is 10.6 Å². The number of nitrogens with one attached hydrogen (secondary N) is 2. The molecule has 152 valence electrons. The van der Waals surface area contributed by atoms with Crippen molar-refractivity contribution in [3.63, 3.8) is 0 Å². The van der Waals surface area contributed by atoms with Crippen molar-refractivity contribution in [3.8, 4) is 0 Å². The van der Waals surface area contributed by atoms with Gasteiger partial charge in [-0.3, -0.25) is 4.99 Å². The number of halogens is 1. The lowest BCUT2D eigenvalue weighted by Gasteiger charge is -2.12. The lowest BCUT2D eigenvalue weighted by Crippen LogP contribution is -2.39. The monoisotopic (exact) mass is 496 g/mol. The number of benzene rings is 1. The van der Waals surface area contributed by atoms with Gasteiger partial charge in [0.05, 0.1) is 16.7 Å². The normalized spacial score (nSPS) is 11.5. The average molecular weight is 496 g/mol. The molecular formula is C20H29IN6O. The maximum Gasteiger partial charge on any atom is 0.190 e. The Bertz CT molecular complexity index is 911. The molecule has 0 spiro atoms. The van der Waals surface area contributed by atoms with Crippen molar-refractivity contribution in [2.45, 2.75) is 40.2 Å². The van der Waals surface area contributed by atoms with E-state index in [0.717, 1.165) is 61.2 Å². The molecule has 0 amide bonds. The summed E-state index contributed by atoms with van der Waals surface area (Å²) < 4.78 is 7.47. The molecule has 0 saturated carbocycles. The van der Waals surface area contributed by atoms with E-state index in [1.165, 1.54) is 11.1 Å². The van der Waals surface area contributed by atoms with Crippen LogP contribution in [0.4, 0.5) is 0 Å². The fraction of sp³-hybridized carbons (Fsp3) is 0.450. The zero-order valence-electron chi connectivity index (χ0n) is 17.0. The van der Waals surface area contributed by atoms with Crippen molar-refractivity contribution in [2.75, 3.05) is 20.1 Å². The van der Waals surface area contributed by atoms with Gasteiger partial charge < -0.3 is 19.7 Å². The molecular weight excluding hydrogens is 467 g/mol. The van der Waals surface area contributed by atoms with Crippen LogP contribution in [0.3, 0.4) is 0 Å². The molecule has 3 rings (SSSR count). The molecule has 0 atom stereocenters. The molecule has 3 aromatic rings. The van der Waals surface area contributed by atoms with Gasteiger partial charge in [0.2, 0.25) is 0 Å². The van der Waals surface area contributed by atoms with Gasteiger partial charge in [0.25, 0.3) is 0 Å². The number of rotatable bonds is 7. The van der Waals surface area contributed by atoms with E-state index in [-0.39, 0.29) is 24.0 Å². The Morgan fingerprint density at radius 1 is 1.14 bits per heavy atom. The third-order valence-electron chi connectivity index (χ3n) is 4.77. The first-order chi connectivity index (χ1) is 13.1. The molecule has 0 unspecified atom stereocenters. The van der Waals surface area contributed by atoms with Gasteiger partial charge in [0, 0.05) is 32.2 Å². The summed E-state index contributed by atoms with van der Waals surface area (Å²) in [7, 11) is 1.79. The topological polar surface area (TPSA) is 80.3 Å². The van der Waals surface area contributed by atoms with Gasteiger partial charge in [-0.25, -0.2) is 4.98 Å². The quantitative estimate of drug-likeness (QED) is 0.227. The zero-order valence-corrected chi connectivity index (χ0v) is 19.3. The molecule has 0 aliphatic heterocycles. The van der Waals surface area contributed by atoms with Crippen LogP contribution in [0.1, 0.15) is 29.3 Å². The summed E-state index contributed by atoms with van der Waals surface area (Å²) in [6, 6.07) is 8.27. The summed E-state index contributed by atoms with van der Waals surface area (Å²) in [4.78, 5) is 8.91. The number of guanidine groups is 1. The molecule has 0 aliphatic rings. The smallest absolute Gasteiger partial charge is 0.190 e. The number of imidazole rings is 1. The second-order valence-electron chi connectivity index (χ2n) is 6.63. The number of aryl methyl sites for hydroxylation is 4. The minimum Gasteiger partial charge on any atom is -0.361 e. The predicted molar refractivity (Wildman–Crippen MR) is 124 cm³/mol. The van der Waals surface area contributed by atoms with Gasteiger partial charge in [0.1, 0.15) is 11.6 Å². The molecule has 0 fully saturated rings. The molecule has 2 aromatic heterocycles. The molecule has 7 nitrogen and oxygen atoms in total. The van der Waals surface area contributed by atoms with Crippen LogP contribution >= 0.6 is 24.0 Å². The van der Waals surface area contributed by atoms with Crippen molar-refractivity contribution >= 4 is 41.0 Å². The summed E-state index contributed by atoms with van der Waals surface area (Å²) >= 11 is 0. The van der Waals surface area contributed by atoms with E-state index in [1.807, 2.05) is 19.9 Å². The lowest BCUT2D eigenvalue weighted by atomic mass is 10.1. The first-order valence-electron chi connectivity index (χ1n) is 9.38. The Kier molecular flexibility index (Phi) is 8.28. The minimum atomic E-state index is 0. The van der Waals surface area contributed by atoms with Crippen LogP contribution in [-0.4, -0.2) is 40.8 Å². The second-order valence-corrected chi connectivity index (χ2v) is 6.63. The molecule has 2 N–H and O–H groups in total. The minimum absolute atomic E-state index is 0. The lowest BCUT2D eigenvalue weighted by molar-refractivity contribution is 0.392. The van der Waals surface area contributed by atoms with Crippen LogP contribution in [0, 0.1) is 20.8 Å². The third-order valence-corrected chi connectivity index (χ3v) is 4.77. The highest BCUT2D eigenvalue weighted by Crippen LogP contribution is 2.15. The standard InChI is InChI=1S/C20H28N6O.HI/c1-14-17(15(2)27-25-14)10-12-23-20(21-4)22-11-7-13-26-16(3)24-18-8-5-6-9-19(18)26;/h5-6,8-9H,7,10-13H2,1-4H3,(H2,21,22,23);1H. The molecule has 0 saturated heterocycles. The van der Waals surface area contributed by atoms with E-state index >= 15 is 0 Å². The summed E-state index contributed by atoms with van der Waals surface area (Å²) in [5.74, 6) is 2.76. The van der Waals surface area contributed by atoms with Crippen LogP contribution in [0.15, 0.2) is 33.8 Å². The number of fused-ring (bicyclic) bond motifs is 1. The van der Waals surface area contributed by atoms with Crippen molar-refractivity contribution < 1.29 is 4.52 Å². The Hall–Kier alpha value is -2.10. The first-order valence-corrected chi connectivity index (χ1v) is 9.38. The van der Waals surface area contributed by atoms with Gasteiger partial charge in [0.15, 0.2) is 5.96 Å². The Labute approximate surface area is 183 Å². The SMILES string of the molecule is CN=C(NCCCn1c(C)nc2ccccc21)NCCc1c(C)noc1C.I. The van der Waals surface area contributed by atoms with E-state index in [1.54, 1.807) is 7.05 Å². The van der Waals surface area contributed by atoms with Gasteiger partial charge in [-0.1, -0.05) is 17.3 Å². The number of hydrogen-bond donors (Lipinski definition) is 2. The zero-order chi connectivity index (χ0) is 19.2. The van der Waals surface area contributed by atoms with Gasteiger partial charge in [-0.05, 0) is 45.7 Å².